The quantitative estimate of drug-likeness (QED) is 0.522. The van der Waals surface area contributed by atoms with Crippen LogP contribution in [0.4, 0.5) is 0 Å². The Labute approximate surface area is 220 Å². The predicted octanol–water partition coefficient (Wildman–Crippen LogP) is 4.18. The van der Waals surface area contributed by atoms with Gasteiger partial charge < -0.3 is 0 Å². The van der Waals surface area contributed by atoms with E-state index < -0.39 is 25.5 Å². The van der Waals surface area contributed by atoms with Crippen molar-refractivity contribution in [1.29, 1.82) is 0 Å². The van der Waals surface area contributed by atoms with Gasteiger partial charge in [0, 0.05) is 42.4 Å². The van der Waals surface area contributed by atoms with Gasteiger partial charge in [0.25, 0.3) is 0 Å². The maximum atomic E-state index is 14.0. The van der Waals surface area contributed by atoms with Crippen molar-refractivity contribution >= 4 is 36.6 Å². The normalized spacial score (nSPS) is 28.9. The van der Waals surface area contributed by atoms with Crippen molar-refractivity contribution in [3.63, 3.8) is 0 Å². The van der Waals surface area contributed by atoms with Crippen molar-refractivity contribution in [2.45, 2.75) is 75.8 Å². The molecule has 200 valence electrons. The minimum absolute atomic E-state index is 0.0247. The summed E-state index contributed by atoms with van der Waals surface area (Å²) < 4.78 is 58.3. The summed E-state index contributed by atoms with van der Waals surface area (Å²) in [5.41, 5.74) is -1.09. The van der Waals surface area contributed by atoms with Crippen LogP contribution in [0.2, 0.25) is 0 Å². The molecule has 2 atom stereocenters. The SMILES string of the molecule is CC1(C)C2CCC1(CS(=O)(=O)N1CCC(N(C3CC3)S(=O)(=O)c3cccc4ccccc34)CC1)C(=O)C2. The fourth-order valence-corrected chi connectivity index (χ4v) is 11.8. The Morgan fingerprint density at radius 2 is 1.54 bits per heavy atom. The average molecular weight is 545 g/mol. The molecule has 4 aliphatic rings. The lowest BCUT2D eigenvalue weighted by Crippen LogP contribution is -2.52. The van der Waals surface area contributed by atoms with Crippen LogP contribution in [0, 0.1) is 16.7 Å². The van der Waals surface area contributed by atoms with Crippen LogP contribution in [-0.4, -0.2) is 62.2 Å². The van der Waals surface area contributed by atoms with Gasteiger partial charge in [-0.15, -0.1) is 0 Å². The van der Waals surface area contributed by atoms with E-state index in [9.17, 15) is 21.6 Å². The lowest BCUT2D eigenvalue weighted by atomic mass is 9.70. The first kappa shape index (κ1) is 25.5. The summed E-state index contributed by atoms with van der Waals surface area (Å²) in [5.74, 6) is 0.258. The fourth-order valence-electron chi connectivity index (χ4n) is 7.44. The molecule has 7 nitrogen and oxygen atoms in total. The van der Waals surface area contributed by atoms with Crippen molar-refractivity contribution in [1.82, 2.24) is 8.61 Å². The third-order valence-electron chi connectivity index (χ3n) is 9.96. The summed E-state index contributed by atoms with van der Waals surface area (Å²) in [7, 11) is -7.39. The first-order chi connectivity index (χ1) is 17.5. The Balaban J connectivity index is 1.22. The Hall–Kier alpha value is -1.81. The number of hydrogen-bond acceptors (Lipinski definition) is 5. The molecule has 2 aromatic rings. The monoisotopic (exact) mass is 544 g/mol. The van der Waals surface area contributed by atoms with Crippen LogP contribution >= 0.6 is 0 Å². The number of Topliss-reactive ketones (excluding diaryl/α,β-unsaturated/α-hetero) is 1. The minimum atomic E-state index is -3.75. The van der Waals surface area contributed by atoms with Gasteiger partial charge in [0.1, 0.15) is 5.78 Å². The van der Waals surface area contributed by atoms with Crippen LogP contribution in [0.3, 0.4) is 0 Å². The third-order valence-corrected chi connectivity index (χ3v) is 14.0. The number of piperidine rings is 1. The van der Waals surface area contributed by atoms with Crippen molar-refractivity contribution < 1.29 is 21.6 Å². The summed E-state index contributed by atoms with van der Waals surface area (Å²) in [6.07, 6.45) is 4.66. The molecule has 2 aromatic carbocycles. The Morgan fingerprint density at radius 1 is 0.892 bits per heavy atom. The van der Waals surface area contributed by atoms with Gasteiger partial charge in [-0.05, 0) is 61.3 Å². The van der Waals surface area contributed by atoms with Gasteiger partial charge in [0.15, 0.2) is 0 Å². The number of carbonyl (C=O) groups excluding carboxylic acids is 1. The van der Waals surface area contributed by atoms with Crippen molar-refractivity contribution in [3.8, 4) is 0 Å². The molecule has 1 heterocycles. The molecule has 0 N–H and O–H groups in total. The second kappa shape index (κ2) is 8.60. The van der Waals surface area contributed by atoms with Crippen molar-refractivity contribution in [3.05, 3.63) is 42.5 Å². The van der Waals surface area contributed by atoms with Crippen molar-refractivity contribution in [2.75, 3.05) is 18.8 Å². The van der Waals surface area contributed by atoms with Crippen LogP contribution in [0.5, 0.6) is 0 Å². The first-order valence-electron chi connectivity index (χ1n) is 13.5. The van der Waals surface area contributed by atoms with Crippen LogP contribution in [-0.2, 0) is 24.8 Å². The molecular formula is C28H36N2O5S2. The molecule has 1 saturated heterocycles. The maximum absolute atomic E-state index is 14.0. The highest BCUT2D eigenvalue weighted by Crippen LogP contribution is 2.64. The lowest BCUT2D eigenvalue weighted by Gasteiger charge is -2.40. The number of hydrogen-bond donors (Lipinski definition) is 0. The number of benzene rings is 2. The van der Waals surface area contributed by atoms with E-state index in [0.717, 1.165) is 24.6 Å². The molecular weight excluding hydrogens is 508 g/mol. The molecule has 1 aliphatic heterocycles. The molecule has 3 aliphatic carbocycles. The predicted molar refractivity (Wildman–Crippen MR) is 143 cm³/mol. The molecule has 0 spiro atoms. The average Bonchev–Trinajstić information content (AvgIpc) is 3.63. The summed E-state index contributed by atoms with van der Waals surface area (Å²) in [4.78, 5) is 13.3. The van der Waals surface area contributed by atoms with E-state index in [2.05, 4.69) is 13.8 Å². The van der Waals surface area contributed by atoms with Gasteiger partial charge in [-0.2, -0.15) is 4.31 Å². The first-order valence-corrected chi connectivity index (χ1v) is 16.5. The number of nitrogens with zero attached hydrogens (tertiary/aromatic N) is 2. The van der Waals surface area contributed by atoms with E-state index in [-0.39, 0.29) is 48.0 Å². The zero-order valence-electron chi connectivity index (χ0n) is 21.6. The summed E-state index contributed by atoms with van der Waals surface area (Å²) >= 11 is 0. The zero-order chi connectivity index (χ0) is 26.2. The second-order valence-electron chi connectivity index (χ2n) is 12.1. The largest absolute Gasteiger partial charge is 0.299 e. The van der Waals surface area contributed by atoms with E-state index in [0.29, 0.717) is 36.0 Å². The third kappa shape index (κ3) is 3.91. The molecule has 0 aromatic heterocycles. The smallest absolute Gasteiger partial charge is 0.244 e. The molecule has 0 radical (unpaired) electrons. The fraction of sp³-hybridized carbons (Fsp3) is 0.607. The molecule has 9 heteroatoms. The molecule has 3 saturated carbocycles. The van der Waals surface area contributed by atoms with Gasteiger partial charge in [-0.25, -0.2) is 21.1 Å². The maximum Gasteiger partial charge on any atom is 0.244 e. The topological polar surface area (TPSA) is 91.8 Å². The molecule has 6 rings (SSSR count). The number of ketones is 1. The van der Waals surface area contributed by atoms with Crippen LogP contribution in [0.1, 0.15) is 58.8 Å². The van der Waals surface area contributed by atoms with E-state index in [1.165, 1.54) is 4.31 Å². The van der Waals surface area contributed by atoms with Crippen LogP contribution in [0.15, 0.2) is 47.4 Å². The van der Waals surface area contributed by atoms with Gasteiger partial charge >= 0.3 is 0 Å². The number of fused-ring (bicyclic) bond motifs is 3. The summed E-state index contributed by atoms with van der Waals surface area (Å²) in [5, 5.41) is 1.60. The molecule has 2 unspecified atom stereocenters. The standard InChI is InChI=1S/C28H36N2O5S2/c1-27(2)21-12-15-28(27,26(31)18-21)19-36(32,33)29-16-13-23(14-17-29)30(22-10-11-22)37(34,35)25-9-5-7-20-6-3-4-8-24(20)25/h3-9,21-23H,10-19H2,1-2H3. The van der Waals surface area contributed by atoms with E-state index in [1.807, 2.05) is 30.3 Å². The van der Waals surface area contributed by atoms with Crippen molar-refractivity contribution in [2.24, 2.45) is 16.7 Å². The molecule has 2 bridgehead atoms. The van der Waals surface area contributed by atoms with Gasteiger partial charge in [-0.3, -0.25) is 4.79 Å². The lowest BCUT2D eigenvalue weighted by molar-refractivity contribution is -0.128. The van der Waals surface area contributed by atoms with E-state index in [4.69, 9.17) is 0 Å². The van der Waals surface area contributed by atoms with E-state index in [1.54, 1.807) is 16.4 Å². The van der Waals surface area contributed by atoms with Gasteiger partial charge in [0.2, 0.25) is 20.0 Å². The van der Waals surface area contributed by atoms with E-state index >= 15 is 0 Å². The number of carbonyl (C=O) groups is 1. The molecule has 4 fully saturated rings. The highest BCUT2D eigenvalue weighted by atomic mass is 32.2. The van der Waals surface area contributed by atoms with Crippen LogP contribution < -0.4 is 0 Å². The second-order valence-corrected chi connectivity index (χ2v) is 15.9. The molecule has 37 heavy (non-hydrogen) atoms. The van der Waals surface area contributed by atoms with Crippen LogP contribution in [0.25, 0.3) is 10.8 Å². The Morgan fingerprint density at radius 3 is 2.16 bits per heavy atom. The minimum Gasteiger partial charge on any atom is -0.299 e. The zero-order valence-corrected chi connectivity index (χ0v) is 23.2. The number of sulfonamides is 2. The highest BCUT2D eigenvalue weighted by Gasteiger charge is 2.65. The summed E-state index contributed by atoms with van der Waals surface area (Å²) in [6, 6.07) is 12.7. The summed E-state index contributed by atoms with van der Waals surface area (Å²) in [6.45, 7) is 4.69. The van der Waals surface area contributed by atoms with Gasteiger partial charge in [0.05, 0.1) is 10.6 Å². The molecule has 0 amide bonds. The number of rotatable bonds is 7. The Kier molecular flexibility index (Phi) is 5.92. The highest BCUT2D eigenvalue weighted by molar-refractivity contribution is 7.89. The Bertz CT molecular complexity index is 1450. The van der Waals surface area contributed by atoms with Gasteiger partial charge in [-0.1, -0.05) is 50.2 Å².